The summed E-state index contributed by atoms with van der Waals surface area (Å²) in [5, 5.41) is 11.5. The van der Waals surface area contributed by atoms with Gasteiger partial charge in [0.25, 0.3) is 0 Å². The number of ether oxygens (including phenoxy) is 1. The van der Waals surface area contributed by atoms with Gasteiger partial charge < -0.3 is 4.74 Å². The standard InChI is InChI=1S/C6H10N4O4/c1-14-5-6(11)4-8-2-3-9(7-8)10(12)13/h2-3,7H,4-5H2,1H3. The van der Waals surface area contributed by atoms with E-state index >= 15 is 0 Å². The quantitative estimate of drug-likeness (QED) is 0.447. The molecule has 0 unspecified atom stereocenters. The molecule has 0 aliphatic carbocycles. The van der Waals surface area contributed by atoms with Crippen LogP contribution in [0, 0.1) is 10.1 Å². The monoisotopic (exact) mass is 202 g/mol. The van der Waals surface area contributed by atoms with Crippen LogP contribution < -0.4 is 5.53 Å². The highest BCUT2D eigenvalue weighted by molar-refractivity contribution is 5.81. The molecule has 0 saturated heterocycles. The number of nitrogens with one attached hydrogen (secondary N) is 1. The second kappa shape index (κ2) is 4.53. The van der Waals surface area contributed by atoms with Crippen LogP contribution in [0.5, 0.6) is 0 Å². The van der Waals surface area contributed by atoms with E-state index in [0.717, 1.165) is 0 Å². The number of hydrogen-bond acceptors (Lipinski definition) is 6. The van der Waals surface area contributed by atoms with Gasteiger partial charge in [-0.3, -0.25) is 9.80 Å². The number of carbonyl (C=O) groups excluding carboxylic acids is 1. The zero-order valence-electron chi connectivity index (χ0n) is 7.54. The van der Waals surface area contributed by atoms with Crippen molar-refractivity contribution < 1.29 is 14.6 Å². The van der Waals surface area contributed by atoms with E-state index in [1.54, 1.807) is 0 Å². The molecular formula is C6H10N4O4. The number of hydrogen-bond donors (Lipinski definition) is 1. The number of rotatable bonds is 5. The Labute approximate surface area is 79.8 Å². The lowest BCUT2D eigenvalue weighted by atomic mass is 10.4. The van der Waals surface area contributed by atoms with Gasteiger partial charge in [0, 0.05) is 13.3 Å². The molecule has 78 valence electrons. The maximum Gasteiger partial charge on any atom is 0.182 e. The molecule has 0 atom stereocenters. The fraction of sp³-hybridized carbons (Fsp3) is 0.500. The summed E-state index contributed by atoms with van der Waals surface area (Å²) < 4.78 is 4.61. The van der Waals surface area contributed by atoms with Crippen LogP contribution in [-0.2, 0) is 9.53 Å². The van der Waals surface area contributed by atoms with Crippen molar-refractivity contribution in [1.82, 2.24) is 15.7 Å². The zero-order valence-corrected chi connectivity index (χ0v) is 7.54. The third-order valence-electron chi connectivity index (χ3n) is 1.45. The van der Waals surface area contributed by atoms with Crippen molar-refractivity contribution in [2.75, 3.05) is 20.3 Å². The predicted octanol–water partition coefficient (Wildman–Crippen LogP) is -1.10. The first-order valence-corrected chi connectivity index (χ1v) is 3.79. The van der Waals surface area contributed by atoms with E-state index in [1.807, 2.05) is 0 Å². The Kier molecular flexibility index (Phi) is 3.37. The molecule has 1 aliphatic rings. The molecule has 0 radical (unpaired) electrons. The van der Waals surface area contributed by atoms with Crippen LogP contribution in [-0.4, -0.2) is 41.2 Å². The molecule has 0 fully saturated rings. The van der Waals surface area contributed by atoms with Gasteiger partial charge in [0.15, 0.2) is 10.8 Å². The summed E-state index contributed by atoms with van der Waals surface area (Å²) in [5.74, 6) is -0.171. The molecule has 14 heavy (non-hydrogen) atoms. The summed E-state index contributed by atoms with van der Waals surface area (Å²) in [5.41, 5.74) is 2.36. The number of Topliss-reactive ketones (excluding diaryl/α,β-unsaturated/α-hetero) is 1. The number of nitrogens with zero attached hydrogens (tertiary/aromatic N) is 3. The van der Waals surface area contributed by atoms with E-state index in [0.29, 0.717) is 5.12 Å². The van der Waals surface area contributed by atoms with E-state index in [1.165, 1.54) is 24.5 Å². The Hall–Kier alpha value is -1.67. The summed E-state index contributed by atoms with van der Waals surface area (Å²) in [6, 6.07) is 0. The number of nitro groups is 1. The smallest absolute Gasteiger partial charge is 0.182 e. The van der Waals surface area contributed by atoms with Gasteiger partial charge in [0.2, 0.25) is 0 Å². The highest BCUT2D eigenvalue weighted by Crippen LogP contribution is 1.99. The van der Waals surface area contributed by atoms with Gasteiger partial charge in [-0.15, -0.1) is 0 Å². The third-order valence-corrected chi connectivity index (χ3v) is 1.45. The van der Waals surface area contributed by atoms with Crippen LogP contribution >= 0.6 is 0 Å². The second-order valence-corrected chi connectivity index (χ2v) is 2.58. The minimum Gasteiger partial charge on any atom is -0.377 e. The van der Waals surface area contributed by atoms with Gasteiger partial charge in [0.1, 0.15) is 12.8 Å². The van der Waals surface area contributed by atoms with Crippen molar-refractivity contribution in [2.24, 2.45) is 0 Å². The lowest BCUT2D eigenvalue weighted by Gasteiger charge is -2.14. The Morgan fingerprint density at radius 3 is 2.86 bits per heavy atom. The summed E-state index contributed by atoms with van der Waals surface area (Å²) in [4.78, 5) is 21.3. The first-order valence-electron chi connectivity index (χ1n) is 3.79. The van der Waals surface area contributed by atoms with Crippen LogP contribution in [0.3, 0.4) is 0 Å². The Morgan fingerprint density at radius 1 is 1.64 bits per heavy atom. The molecule has 0 aromatic heterocycles. The molecule has 8 heteroatoms. The first-order chi connectivity index (χ1) is 6.63. The fourth-order valence-corrected chi connectivity index (χ4v) is 0.918. The average molecular weight is 202 g/mol. The molecule has 1 aliphatic heterocycles. The largest absolute Gasteiger partial charge is 0.377 e. The molecule has 0 saturated carbocycles. The molecule has 0 bridgehead atoms. The highest BCUT2D eigenvalue weighted by atomic mass is 16.7. The van der Waals surface area contributed by atoms with Gasteiger partial charge in [-0.2, -0.15) is 0 Å². The predicted molar refractivity (Wildman–Crippen MR) is 44.7 cm³/mol. The summed E-state index contributed by atoms with van der Waals surface area (Å²) in [6.07, 6.45) is 2.61. The van der Waals surface area contributed by atoms with Crippen LogP contribution in [0.15, 0.2) is 12.4 Å². The van der Waals surface area contributed by atoms with Crippen molar-refractivity contribution in [2.45, 2.75) is 0 Å². The zero-order chi connectivity index (χ0) is 10.6. The topological polar surface area (TPSA) is 88.0 Å². The van der Waals surface area contributed by atoms with Crippen LogP contribution in [0.1, 0.15) is 0 Å². The van der Waals surface area contributed by atoms with Gasteiger partial charge in [-0.1, -0.05) is 5.53 Å². The molecule has 1 N–H and O–H groups in total. The van der Waals surface area contributed by atoms with E-state index in [9.17, 15) is 14.9 Å². The first kappa shape index (κ1) is 10.4. The normalized spacial score (nSPS) is 14.9. The average Bonchev–Trinajstić information content (AvgIpc) is 2.53. The van der Waals surface area contributed by atoms with E-state index in [2.05, 4.69) is 10.3 Å². The van der Waals surface area contributed by atoms with Crippen molar-refractivity contribution in [3.63, 3.8) is 0 Å². The highest BCUT2D eigenvalue weighted by Gasteiger charge is 2.21. The number of methoxy groups -OCH3 is 1. The molecule has 0 aromatic rings. The van der Waals surface area contributed by atoms with Crippen LogP contribution in [0.25, 0.3) is 0 Å². The fourth-order valence-electron chi connectivity index (χ4n) is 0.918. The lowest BCUT2D eigenvalue weighted by Crippen LogP contribution is -2.44. The Bertz CT molecular complexity index is 267. The third kappa shape index (κ3) is 2.68. The van der Waals surface area contributed by atoms with Gasteiger partial charge in [0.05, 0.1) is 6.54 Å². The molecule has 0 aromatic carbocycles. The number of hydrazine groups is 3. The van der Waals surface area contributed by atoms with E-state index in [-0.39, 0.29) is 18.9 Å². The van der Waals surface area contributed by atoms with Crippen molar-refractivity contribution >= 4 is 5.78 Å². The van der Waals surface area contributed by atoms with Crippen LogP contribution in [0.2, 0.25) is 0 Å². The summed E-state index contributed by atoms with van der Waals surface area (Å²) in [7, 11) is 1.41. The molecule has 1 rings (SSSR count). The molecule has 0 spiro atoms. The summed E-state index contributed by atoms with van der Waals surface area (Å²) in [6.45, 7) is 0.0131. The van der Waals surface area contributed by atoms with E-state index in [4.69, 9.17) is 0 Å². The Balaban J connectivity index is 2.33. The van der Waals surface area contributed by atoms with Crippen molar-refractivity contribution in [3.05, 3.63) is 22.5 Å². The molecule has 1 heterocycles. The van der Waals surface area contributed by atoms with E-state index < -0.39 is 5.03 Å². The van der Waals surface area contributed by atoms with Gasteiger partial charge in [-0.25, -0.2) is 10.1 Å². The van der Waals surface area contributed by atoms with Gasteiger partial charge >= 0.3 is 0 Å². The minimum absolute atomic E-state index is 0.00944. The second-order valence-electron chi connectivity index (χ2n) is 2.58. The molecule has 8 nitrogen and oxygen atoms in total. The van der Waals surface area contributed by atoms with Crippen LogP contribution in [0.4, 0.5) is 0 Å². The SMILES string of the molecule is COCC(=O)CN1C=CN([N+](=O)[O-])N1. The number of carbonyl (C=O) groups is 1. The molecular weight excluding hydrogens is 192 g/mol. The summed E-state index contributed by atoms with van der Waals surface area (Å²) >= 11 is 0. The minimum atomic E-state index is -0.642. The molecule has 0 amide bonds. The van der Waals surface area contributed by atoms with Crippen molar-refractivity contribution in [3.8, 4) is 0 Å². The number of ketones is 1. The maximum atomic E-state index is 11.0. The maximum absolute atomic E-state index is 11.0. The van der Waals surface area contributed by atoms with Crippen molar-refractivity contribution in [1.29, 1.82) is 0 Å². The lowest BCUT2D eigenvalue weighted by molar-refractivity contribution is -0.657. The Morgan fingerprint density at radius 2 is 2.36 bits per heavy atom. The van der Waals surface area contributed by atoms with Gasteiger partial charge in [-0.05, 0) is 5.12 Å².